The molecule has 5 nitrogen and oxygen atoms in total. The molecule has 4 N–H and O–H groups in total. The number of nitrogens with two attached hydrogens (primary N) is 1. The number of thioether (sulfide) groups is 1. The first-order valence-corrected chi connectivity index (χ1v) is 7.79. The molecular formula is C14H20N2O3S. The Morgan fingerprint density at radius 3 is 2.50 bits per heavy atom. The highest BCUT2D eigenvalue weighted by Crippen LogP contribution is 2.07. The molecule has 1 rings (SSSR count). The lowest BCUT2D eigenvalue weighted by molar-refractivity contribution is -0.139. The predicted molar refractivity (Wildman–Crippen MR) is 81.1 cm³/mol. The Morgan fingerprint density at radius 1 is 1.35 bits per heavy atom. The van der Waals surface area contributed by atoms with E-state index in [0.717, 1.165) is 12.0 Å². The molecule has 0 heterocycles. The van der Waals surface area contributed by atoms with Crippen LogP contribution in [0.3, 0.4) is 0 Å². The van der Waals surface area contributed by atoms with E-state index < -0.39 is 12.0 Å². The minimum Gasteiger partial charge on any atom is -0.480 e. The molecule has 1 aromatic carbocycles. The Kier molecular flexibility index (Phi) is 7.11. The van der Waals surface area contributed by atoms with E-state index in [-0.39, 0.29) is 5.91 Å². The molecule has 0 spiro atoms. The highest BCUT2D eigenvalue weighted by Gasteiger charge is 2.19. The summed E-state index contributed by atoms with van der Waals surface area (Å²) in [6.45, 7) is 0.557. The van der Waals surface area contributed by atoms with Gasteiger partial charge >= 0.3 is 5.97 Å². The van der Waals surface area contributed by atoms with Crippen LogP contribution in [-0.2, 0) is 11.2 Å². The maximum absolute atomic E-state index is 12.0. The van der Waals surface area contributed by atoms with Crippen molar-refractivity contribution in [2.75, 3.05) is 18.6 Å². The Balaban J connectivity index is 2.65. The van der Waals surface area contributed by atoms with Crippen LogP contribution in [0.15, 0.2) is 24.3 Å². The van der Waals surface area contributed by atoms with E-state index in [2.05, 4.69) is 5.32 Å². The van der Waals surface area contributed by atoms with Crippen LogP contribution in [0, 0.1) is 0 Å². The molecule has 0 saturated carbocycles. The molecule has 0 fully saturated rings. The quantitative estimate of drug-likeness (QED) is 0.668. The molecule has 20 heavy (non-hydrogen) atoms. The molecule has 1 unspecified atom stereocenters. The van der Waals surface area contributed by atoms with Gasteiger partial charge in [0.2, 0.25) is 0 Å². The van der Waals surface area contributed by atoms with Crippen molar-refractivity contribution in [3.63, 3.8) is 0 Å². The summed E-state index contributed by atoms with van der Waals surface area (Å²) in [4.78, 5) is 23.1. The first-order valence-electron chi connectivity index (χ1n) is 6.40. The average molecular weight is 296 g/mol. The van der Waals surface area contributed by atoms with Crippen molar-refractivity contribution in [3.8, 4) is 0 Å². The molecule has 0 aromatic heterocycles. The fourth-order valence-corrected chi connectivity index (χ4v) is 2.20. The molecule has 0 bridgehead atoms. The van der Waals surface area contributed by atoms with Gasteiger partial charge in [-0.3, -0.25) is 4.79 Å². The fourth-order valence-electron chi connectivity index (χ4n) is 1.72. The lowest BCUT2D eigenvalue weighted by Gasteiger charge is -2.14. The van der Waals surface area contributed by atoms with Crippen LogP contribution in [0.1, 0.15) is 22.3 Å². The van der Waals surface area contributed by atoms with Gasteiger partial charge in [-0.15, -0.1) is 0 Å². The monoisotopic (exact) mass is 296 g/mol. The summed E-state index contributed by atoms with van der Waals surface area (Å²) in [6.07, 6.45) is 3.07. The zero-order valence-electron chi connectivity index (χ0n) is 11.5. The molecule has 0 aliphatic rings. The lowest BCUT2D eigenvalue weighted by Crippen LogP contribution is -2.41. The van der Waals surface area contributed by atoms with E-state index in [1.54, 1.807) is 23.9 Å². The van der Waals surface area contributed by atoms with Crippen molar-refractivity contribution in [1.82, 2.24) is 5.32 Å². The summed E-state index contributed by atoms with van der Waals surface area (Å²) in [6, 6.07) is 6.19. The number of carboxylic acid groups (broad SMARTS) is 1. The van der Waals surface area contributed by atoms with Crippen molar-refractivity contribution < 1.29 is 14.7 Å². The van der Waals surface area contributed by atoms with Gasteiger partial charge in [-0.2, -0.15) is 11.8 Å². The Morgan fingerprint density at radius 2 is 2.00 bits per heavy atom. The Hall–Kier alpha value is -1.53. The SMILES string of the molecule is CSCCC(NC(=O)c1ccc(CCN)cc1)C(=O)O. The predicted octanol–water partition coefficient (Wildman–Crippen LogP) is 1.12. The van der Waals surface area contributed by atoms with E-state index in [4.69, 9.17) is 10.8 Å². The van der Waals surface area contributed by atoms with Crippen LogP contribution in [0.25, 0.3) is 0 Å². The molecule has 0 radical (unpaired) electrons. The number of hydrogen-bond donors (Lipinski definition) is 3. The van der Waals surface area contributed by atoms with E-state index >= 15 is 0 Å². The van der Waals surface area contributed by atoms with E-state index in [1.807, 2.05) is 18.4 Å². The molecule has 1 atom stereocenters. The lowest BCUT2D eigenvalue weighted by atomic mass is 10.1. The number of amides is 1. The maximum atomic E-state index is 12.0. The number of nitrogens with one attached hydrogen (secondary N) is 1. The molecule has 1 amide bonds. The zero-order valence-corrected chi connectivity index (χ0v) is 12.3. The zero-order chi connectivity index (χ0) is 15.0. The van der Waals surface area contributed by atoms with Gasteiger partial charge in [0.05, 0.1) is 0 Å². The van der Waals surface area contributed by atoms with Crippen LogP contribution in [0.5, 0.6) is 0 Å². The summed E-state index contributed by atoms with van der Waals surface area (Å²) in [7, 11) is 0. The summed E-state index contributed by atoms with van der Waals surface area (Å²) in [5.74, 6) is -0.683. The first kappa shape index (κ1) is 16.5. The molecule has 0 aliphatic heterocycles. The average Bonchev–Trinajstić information content (AvgIpc) is 2.44. The van der Waals surface area contributed by atoms with Gasteiger partial charge < -0.3 is 16.2 Å². The highest BCUT2D eigenvalue weighted by atomic mass is 32.2. The fraction of sp³-hybridized carbons (Fsp3) is 0.429. The van der Waals surface area contributed by atoms with Crippen molar-refractivity contribution in [2.24, 2.45) is 5.73 Å². The standard InChI is InChI=1S/C14H20N2O3S/c1-20-9-7-12(14(18)19)16-13(17)11-4-2-10(3-5-11)6-8-15/h2-5,12H,6-9,15H2,1H3,(H,16,17)(H,18,19). The van der Waals surface area contributed by atoms with Crippen molar-refractivity contribution in [2.45, 2.75) is 18.9 Å². The number of hydrogen-bond acceptors (Lipinski definition) is 4. The molecule has 6 heteroatoms. The molecule has 0 aliphatic carbocycles. The smallest absolute Gasteiger partial charge is 0.326 e. The second-order valence-electron chi connectivity index (χ2n) is 4.38. The van der Waals surface area contributed by atoms with Crippen molar-refractivity contribution in [1.29, 1.82) is 0 Å². The highest BCUT2D eigenvalue weighted by molar-refractivity contribution is 7.98. The molecule has 0 saturated heterocycles. The third kappa shape index (κ3) is 5.22. The minimum absolute atomic E-state index is 0.363. The molecule has 110 valence electrons. The maximum Gasteiger partial charge on any atom is 0.326 e. The number of carboxylic acids is 1. The van der Waals surface area contributed by atoms with Gasteiger partial charge in [0.25, 0.3) is 5.91 Å². The third-order valence-electron chi connectivity index (χ3n) is 2.86. The van der Waals surface area contributed by atoms with Crippen molar-refractivity contribution >= 4 is 23.6 Å². The number of carbonyl (C=O) groups excluding carboxylic acids is 1. The van der Waals surface area contributed by atoms with Crippen LogP contribution in [0.2, 0.25) is 0 Å². The van der Waals surface area contributed by atoms with E-state index in [1.165, 1.54) is 0 Å². The molecular weight excluding hydrogens is 276 g/mol. The summed E-state index contributed by atoms with van der Waals surface area (Å²) < 4.78 is 0. The van der Waals surface area contributed by atoms with Crippen LogP contribution in [0.4, 0.5) is 0 Å². The van der Waals surface area contributed by atoms with E-state index in [9.17, 15) is 9.59 Å². The second-order valence-corrected chi connectivity index (χ2v) is 5.37. The first-order chi connectivity index (χ1) is 9.58. The van der Waals surface area contributed by atoms with Gasteiger partial charge in [0.1, 0.15) is 6.04 Å². The van der Waals surface area contributed by atoms with E-state index in [0.29, 0.717) is 24.3 Å². The van der Waals surface area contributed by atoms with Gasteiger partial charge in [-0.1, -0.05) is 12.1 Å². The van der Waals surface area contributed by atoms with Gasteiger partial charge in [-0.05, 0) is 49.1 Å². The normalized spacial score (nSPS) is 11.9. The third-order valence-corrected chi connectivity index (χ3v) is 3.51. The summed E-state index contributed by atoms with van der Waals surface area (Å²) in [5.41, 5.74) is 6.97. The Labute approximate surface area is 122 Å². The number of rotatable bonds is 8. The summed E-state index contributed by atoms with van der Waals surface area (Å²) >= 11 is 1.55. The summed E-state index contributed by atoms with van der Waals surface area (Å²) in [5, 5.41) is 11.6. The van der Waals surface area contributed by atoms with Gasteiger partial charge in [0.15, 0.2) is 0 Å². The van der Waals surface area contributed by atoms with Gasteiger partial charge in [-0.25, -0.2) is 4.79 Å². The van der Waals surface area contributed by atoms with Crippen LogP contribution < -0.4 is 11.1 Å². The number of carbonyl (C=O) groups is 2. The minimum atomic E-state index is -1.01. The second kappa shape index (κ2) is 8.60. The van der Waals surface area contributed by atoms with Crippen LogP contribution >= 0.6 is 11.8 Å². The number of benzene rings is 1. The topological polar surface area (TPSA) is 92.4 Å². The van der Waals surface area contributed by atoms with Crippen LogP contribution in [-0.4, -0.2) is 41.6 Å². The van der Waals surface area contributed by atoms with Gasteiger partial charge in [0, 0.05) is 5.56 Å². The largest absolute Gasteiger partial charge is 0.480 e. The van der Waals surface area contributed by atoms with Crippen molar-refractivity contribution in [3.05, 3.63) is 35.4 Å². The number of aliphatic carboxylic acids is 1. The Bertz CT molecular complexity index is 448. The molecule has 1 aromatic rings.